The van der Waals surface area contributed by atoms with E-state index in [1.807, 2.05) is 70.2 Å². The summed E-state index contributed by atoms with van der Waals surface area (Å²) in [6.45, 7) is 10.5. The molecule has 0 aliphatic carbocycles. The van der Waals surface area contributed by atoms with Crippen LogP contribution in [0.3, 0.4) is 0 Å². The Balaban J connectivity index is 0.00000165. The first-order valence-electron chi connectivity index (χ1n) is 14.0. The number of hydrogen-bond donors (Lipinski definition) is 1. The first-order chi connectivity index (χ1) is 19.9. The lowest BCUT2D eigenvalue weighted by Gasteiger charge is -2.36. The van der Waals surface area contributed by atoms with Crippen LogP contribution < -0.4 is 15.2 Å². The third kappa shape index (κ3) is 6.47. The van der Waals surface area contributed by atoms with Gasteiger partial charge in [-0.25, -0.2) is 19.9 Å². The summed E-state index contributed by atoms with van der Waals surface area (Å²) in [5, 5.41) is 0. The van der Waals surface area contributed by atoms with Crippen molar-refractivity contribution in [2.45, 2.75) is 40.7 Å². The summed E-state index contributed by atoms with van der Waals surface area (Å²) in [5.74, 6) is 3.99. The van der Waals surface area contributed by atoms with Gasteiger partial charge >= 0.3 is 0 Å². The molecule has 212 valence electrons. The Bertz CT molecular complexity index is 1610. The van der Waals surface area contributed by atoms with Gasteiger partial charge < -0.3 is 24.7 Å². The standard InChI is InChI=1S/C30H31N7O2.C2H6/c1-19-8-26(38-17-22-12-32-20(2)33-13-22)11-27(9-19)39-25-6-4-24(5-7-25)37-16-23(10-21-14-36(3)15-21)28-29(37)30(31)35-18-34-28;1-2/h4-9,11-13,16,18,21H,10,14-15,17H2,1-3H3,(H2,31,34,35);1-2H3. The summed E-state index contributed by atoms with van der Waals surface area (Å²) in [7, 11) is 2.15. The van der Waals surface area contributed by atoms with Crippen LogP contribution in [0.25, 0.3) is 16.7 Å². The number of ether oxygens (including phenoxy) is 2. The van der Waals surface area contributed by atoms with Crippen LogP contribution in [0.1, 0.15) is 36.4 Å². The lowest BCUT2D eigenvalue weighted by Crippen LogP contribution is -2.44. The van der Waals surface area contributed by atoms with Crippen molar-refractivity contribution in [1.29, 1.82) is 0 Å². The normalized spacial score (nSPS) is 13.4. The molecule has 41 heavy (non-hydrogen) atoms. The SMILES string of the molecule is CC.Cc1cc(OCc2cnc(C)nc2)cc(Oc2ccc(-n3cc(CC4CN(C)C4)c4ncnc(N)c43)cc2)c1. The van der Waals surface area contributed by atoms with Crippen molar-refractivity contribution >= 4 is 16.9 Å². The number of hydrogen-bond acceptors (Lipinski definition) is 8. The largest absolute Gasteiger partial charge is 0.489 e. The molecule has 6 rings (SSSR count). The van der Waals surface area contributed by atoms with Gasteiger partial charge in [-0.05, 0) is 80.8 Å². The Kier molecular flexibility index (Phi) is 8.45. The summed E-state index contributed by atoms with van der Waals surface area (Å²) in [6, 6.07) is 13.8. The number of aromatic nitrogens is 5. The first-order valence-corrected chi connectivity index (χ1v) is 14.0. The maximum absolute atomic E-state index is 6.31. The van der Waals surface area contributed by atoms with E-state index >= 15 is 0 Å². The minimum Gasteiger partial charge on any atom is -0.489 e. The van der Waals surface area contributed by atoms with Gasteiger partial charge in [-0.1, -0.05) is 13.8 Å². The molecule has 1 fully saturated rings. The molecule has 1 aliphatic rings. The highest BCUT2D eigenvalue weighted by Gasteiger charge is 2.25. The molecule has 2 N–H and O–H groups in total. The van der Waals surface area contributed by atoms with E-state index in [2.05, 4.69) is 42.6 Å². The Morgan fingerprint density at radius 3 is 2.32 bits per heavy atom. The predicted molar refractivity (Wildman–Crippen MR) is 162 cm³/mol. The second kappa shape index (κ2) is 12.3. The molecule has 9 nitrogen and oxygen atoms in total. The Hall–Kier alpha value is -4.50. The fourth-order valence-electron chi connectivity index (χ4n) is 5.10. The van der Waals surface area contributed by atoms with E-state index in [1.54, 1.807) is 18.7 Å². The molecule has 0 radical (unpaired) electrons. The fraction of sp³-hybridized carbons (Fsp3) is 0.312. The summed E-state index contributed by atoms with van der Waals surface area (Å²) < 4.78 is 14.3. The van der Waals surface area contributed by atoms with Crippen molar-refractivity contribution in [2.75, 3.05) is 25.9 Å². The molecule has 0 saturated carbocycles. The number of aryl methyl sites for hydroxylation is 2. The molecule has 0 spiro atoms. The van der Waals surface area contributed by atoms with E-state index < -0.39 is 0 Å². The number of anilines is 1. The van der Waals surface area contributed by atoms with E-state index in [4.69, 9.17) is 15.2 Å². The van der Waals surface area contributed by atoms with Gasteiger partial charge in [-0.2, -0.15) is 0 Å². The second-order valence-corrected chi connectivity index (χ2v) is 10.3. The molecule has 1 aliphatic heterocycles. The molecule has 0 unspecified atom stereocenters. The number of nitrogens with two attached hydrogens (primary N) is 1. The molecule has 5 aromatic rings. The van der Waals surface area contributed by atoms with E-state index in [9.17, 15) is 0 Å². The van der Waals surface area contributed by atoms with E-state index in [0.29, 0.717) is 24.1 Å². The average molecular weight is 552 g/mol. The van der Waals surface area contributed by atoms with E-state index in [-0.39, 0.29) is 0 Å². The quantitative estimate of drug-likeness (QED) is 0.254. The molecular weight excluding hydrogens is 514 g/mol. The highest BCUT2D eigenvalue weighted by molar-refractivity contribution is 5.89. The molecule has 2 aromatic carbocycles. The van der Waals surface area contributed by atoms with Crippen molar-refractivity contribution in [2.24, 2.45) is 5.92 Å². The first kappa shape index (κ1) is 28.0. The molecule has 1 saturated heterocycles. The van der Waals surface area contributed by atoms with Crippen LogP contribution in [0.4, 0.5) is 5.82 Å². The topological polar surface area (TPSA) is 104 Å². The summed E-state index contributed by atoms with van der Waals surface area (Å²) in [5.41, 5.74) is 12.2. The molecule has 3 aromatic heterocycles. The van der Waals surface area contributed by atoms with Crippen LogP contribution in [0.15, 0.2) is 67.4 Å². The fourth-order valence-corrected chi connectivity index (χ4v) is 5.10. The number of nitrogen functional groups attached to an aromatic ring is 1. The van der Waals surface area contributed by atoms with Crippen LogP contribution >= 0.6 is 0 Å². The molecule has 0 atom stereocenters. The summed E-state index contributed by atoms with van der Waals surface area (Å²) in [6.07, 6.45) is 8.22. The average Bonchev–Trinajstić information content (AvgIpc) is 3.33. The Labute approximate surface area is 241 Å². The lowest BCUT2D eigenvalue weighted by atomic mass is 9.93. The zero-order chi connectivity index (χ0) is 28.9. The van der Waals surface area contributed by atoms with Crippen LogP contribution in [0, 0.1) is 19.8 Å². The molecular formula is C32H37N7O2. The van der Waals surface area contributed by atoms with Crippen molar-refractivity contribution in [3.8, 4) is 22.9 Å². The van der Waals surface area contributed by atoms with Crippen LogP contribution in [-0.4, -0.2) is 49.5 Å². The Morgan fingerprint density at radius 2 is 1.61 bits per heavy atom. The summed E-state index contributed by atoms with van der Waals surface area (Å²) >= 11 is 0. The van der Waals surface area contributed by atoms with Gasteiger partial charge in [-0.3, -0.25) is 0 Å². The number of fused-ring (bicyclic) bond motifs is 1. The smallest absolute Gasteiger partial charge is 0.151 e. The van der Waals surface area contributed by atoms with Crippen LogP contribution in [0.2, 0.25) is 0 Å². The minimum absolute atomic E-state index is 0.384. The third-order valence-electron chi connectivity index (χ3n) is 6.94. The monoisotopic (exact) mass is 551 g/mol. The number of likely N-dealkylation sites (tertiary alicyclic amines) is 1. The van der Waals surface area contributed by atoms with Gasteiger partial charge in [0.15, 0.2) is 5.82 Å². The Morgan fingerprint density at radius 1 is 0.902 bits per heavy atom. The van der Waals surface area contributed by atoms with Crippen LogP contribution in [0.5, 0.6) is 17.2 Å². The van der Waals surface area contributed by atoms with Gasteiger partial charge in [0.25, 0.3) is 0 Å². The van der Waals surface area contributed by atoms with Crippen LogP contribution in [-0.2, 0) is 13.0 Å². The van der Waals surface area contributed by atoms with Gasteiger partial charge in [-0.15, -0.1) is 0 Å². The zero-order valence-corrected chi connectivity index (χ0v) is 24.3. The number of rotatable bonds is 8. The van der Waals surface area contributed by atoms with Gasteiger partial charge in [0.1, 0.15) is 41.5 Å². The summed E-state index contributed by atoms with van der Waals surface area (Å²) in [4.78, 5) is 19.6. The molecule has 4 heterocycles. The van der Waals surface area contributed by atoms with Gasteiger partial charge in [0.2, 0.25) is 0 Å². The maximum atomic E-state index is 6.31. The predicted octanol–water partition coefficient (Wildman–Crippen LogP) is 5.91. The van der Waals surface area contributed by atoms with Crippen molar-refractivity contribution in [3.63, 3.8) is 0 Å². The van der Waals surface area contributed by atoms with E-state index in [1.165, 1.54) is 5.56 Å². The third-order valence-corrected chi connectivity index (χ3v) is 6.94. The minimum atomic E-state index is 0.384. The number of nitrogens with zero attached hydrogens (tertiary/aromatic N) is 6. The highest BCUT2D eigenvalue weighted by atomic mass is 16.5. The molecule has 0 amide bonds. The van der Waals surface area contributed by atoms with Gasteiger partial charge in [0, 0.05) is 49.0 Å². The number of benzene rings is 2. The maximum Gasteiger partial charge on any atom is 0.151 e. The van der Waals surface area contributed by atoms with Gasteiger partial charge in [0.05, 0.1) is 5.52 Å². The van der Waals surface area contributed by atoms with E-state index in [0.717, 1.165) is 64.7 Å². The second-order valence-electron chi connectivity index (χ2n) is 10.3. The molecule has 9 heteroatoms. The highest BCUT2D eigenvalue weighted by Crippen LogP contribution is 2.32. The lowest BCUT2D eigenvalue weighted by molar-refractivity contribution is 0.135. The zero-order valence-electron chi connectivity index (χ0n) is 24.3. The van der Waals surface area contributed by atoms with Crippen molar-refractivity contribution < 1.29 is 9.47 Å². The van der Waals surface area contributed by atoms with Crippen molar-refractivity contribution in [3.05, 3.63) is 89.9 Å². The molecule has 0 bridgehead atoms. The van der Waals surface area contributed by atoms with Crippen molar-refractivity contribution in [1.82, 2.24) is 29.4 Å².